The van der Waals surface area contributed by atoms with Gasteiger partial charge in [-0.15, -0.1) is 24.0 Å². The highest BCUT2D eigenvalue weighted by atomic mass is 127. The number of nitrogens with one attached hydrogen (secondary N) is 2. The van der Waals surface area contributed by atoms with E-state index in [9.17, 15) is 0 Å². The van der Waals surface area contributed by atoms with Crippen molar-refractivity contribution in [3.05, 3.63) is 30.3 Å². The van der Waals surface area contributed by atoms with Crippen LogP contribution in [0.4, 0.5) is 5.69 Å². The first kappa shape index (κ1) is 19.1. The van der Waals surface area contributed by atoms with Crippen molar-refractivity contribution in [1.82, 2.24) is 10.2 Å². The Kier molecular flexibility index (Phi) is 9.27. The molecule has 2 N–H and O–H groups in total. The second-order valence-corrected chi connectivity index (χ2v) is 5.81. The van der Waals surface area contributed by atoms with E-state index in [-0.39, 0.29) is 24.0 Å². The van der Waals surface area contributed by atoms with E-state index in [0.717, 1.165) is 44.5 Å². The number of piperidine rings is 1. The maximum absolute atomic E-state index is 4.41. The molecule has 0 bridgehead atoms. The molecule has 2 rings (SSSR count). The third-order valence-corrected chi connectivity index (χ3v) is 3.91. The smallest absolute Gasteiger partial charge is 0.193 e. The summed E-state index contributed by atoms with van der Waals surface area (Å²) in [6, 6.07) is 10.3. The highest BCUT2D eigenvalue weighted by molar-refractivity contribution is 14.0. The third-order valence-electron chi connectivity index (χ3n) is 3.91. The largest absolute Gasteiger partial charge is 0.385 e. The minimum absolute atomic E-state index is 0. The Morgan fingerprint density at radius 1 is 1.27 bits per heavy atom. The Balaban J connectivity index is 0.00000242. The standard InChI is InChI=1S/C17H28N4.HI/c1-15-8-6-13-21(14-15)17(18-2)20-12-7-11-19-16-9-4-3-5-10-16;/h3-5,9-10,15,19H,6-8,11-14H2,1-2H3,(H,18,20);1H. The van der Waals surface area contributed by atoms with Crippen LogP contribution in [0.3, 0.4) is 0 Å². The number of para-hydroxylation sites is 1. The first-order chi connectivity index (χ1) is 10.3. The lowest BCUT2D eigenvalue weighted by Crippen LogP contribution is -2.46. The van der Waals surface area contributed by atoms with Gasteiger partial charge in [-0.05, 0) is 37.3 Å². The second kappa shape index (κ2) is 10.7. The first-order valence-electron chi connectivity index (χ1n) is 8.04. The summed E-state index contributed by atoms with van der Waals surface area (Å²) in [5.41, 5.74) is 1.19. The van der Waals surface area contributed by atoms with Crippen LogP contribution in [0, 0.1) is 5.92 Å². The van der Waals surface area contributed by atoms with E-state index in [1.807, 2.05) is 13.1 Å². The van der Waals surface area contributed by atoms with Gasteiger partial charge in [0.25, 0.3) is 0 Å². The summed E-state index contributed by atoms with van der Waals surface area (Å²) in [5.74, 6) is 1.83. The Hall–Kier alpha value is -0.980. The van der Waals surface area contributed by atoms with Gasteiger partial charge in [-0.2, -0.15) is 0 Å². The van der Waals surface area contributed by atoms with Crippen LogP contribution < -0.4 is 10.6 Å². The van der Waals surface area contributed by atoms with Crippen molar-refractivity contribution in [3.8, 4) is 0 Å². The number of hydrogen-bond acceptors (Lipinski definition) is 2. The highest BCUT2D eigenvalue weighted by Gasteiger charge is 2.18. The molecule has 5 heteroatoms. The van der Waals surface area contributed by atoms with Crippen molar-refractivity contribution in [2.75, 3.05) is 38.5 Å². The number of guanidine groups is 1. The van der Waals surface area contributed by atoms with Crippen molar-refractivity contribution in [2.24, 2.45) is 10.9 Å². The van der Waals surface area contributed by atoms with Gasteiger partial charge in [0, 0.05) is 38.9 Å². The lowest BCUT2D eigenvalue weighted by Gasteiger charge is -2.33. The zero-order chi connectivity index (χ0) is 14.9. The predicted molar refractivity (Wildman–Crippen MR) is 106 cm³/mol. The van der Waals surface area contributed by atoms with Crippen molar-refractivity contribution >= 4 is 35.6 Å². The molecular formula is C17H29IN4. The molecule has 4 nitrogen and oxygen atoms in total. The molecule has 1 aliphatic rings. The molecule has 1 saturated heterocycles. The second-order valence-electron chi connectivity index (χ2n) is 5.81. The molecule has 1 aromatic carbocycles. The van der Waals surface area contributed by atoms with E-state index in [0.29, 0.717) is 0 Å². The number of halogens is 1. The number of nitrogens with zero attached hydrogens (tertiary/aromatic N) is 2. The Morgan fingerprint density at radius 2 is 2.05 bits per heavy atom. The molecule has 0 aromatic heterocycles. The molecule has 1 unspecified atom stereocenters. The van der Waals surface area contributed by atoms with Gasteiger partial charge in [0.1, 0.15) is 0 Å². The van der Waals surface area contributed by atoms with Gasteiger partial charge in [-0.25, -0.2) is 0 Å². The molecule has 0 radical (unpaired) electrons. The summed E-state index contributed by atoms with van der Waals surface area (Å²) in [6.07, 6.45) is 3.70. The quantitative estimate of drug-likeness (QED) is 0.335. The predicted octanol–water partition coefficient (Wildman–Crippen LogP) is 3.41. The average molecular weight is 416 g/mol. The van der Waals surface area contributed by atoms with Crippen LogP contribution in [0.2, 0.25) is 0 Å². The summed E-state index contributed by atoms with van der Waals surface area (Å²) in [4.78, 5) is 6.80. The van der Waals surface area contributed by atoms with Crippen molar-refractivity contribution < 1.29 is 0 Å². The van der Waals surface area contributed by atoms with E-state index in [4.69, 9.17) is 0 Å². The molecule has 0 spiro atoms. The monoisotopic (exact) mass is 416 g/mol. The van der Waals surface area contributed by atoms with Crippen molar-refractivity contribution in [3.63, 3.8) is 0 Å². The SMILES string of the molecule is CN=C(NCCCNc1ccccc1)N1CCCC(C)C1.I. The molecular weight excluding hydrogens is 387 g/mol. The summed E-state index contributed by atoms with van der Waals surface area (Å²) in [6.45, 7) is 6.51. The van der Waals surface area contributed by atoms with Gasteiger partial charge in [-0.3, -0.25) is 4.99 Å². The van der Waals surface area contributed by atoms with Gasteiger partial charge >= 0.3 is 0 Å². The highest BCUT2D eigenvalue weighted by Crippen LogP contribution is 2.15. The van der Waals surface area contributed by atoms with Gasteiger partial charge in [0.2, 0.25) is 0 Å². The minimum atomic E-state index is 0. The topological polar surface area (TPSA) is 39.7 Å². The number of hydrogen-bond donors (Lipinski definition) is 2. The van der Waals surface area contributed by atoms with E-state index in [2.05, 4.69) is 51.7 Å². The van der Waals surface area contributed by atoms with Crippen molar-refractivity contribution in [2.45, 2.75) is 26.2 Å². The number of rotatable bonds is 5. The van der Waals surface area contributed by atoms with E-state index >= 15 is 0 Å². The molecule has 1 atom stereocenters. The number of benzene rings is 1. The minimum Gasteiger partial charge on any atom is -0.385 e. The lowest BCUT2D eigenvalue weighted by atomic mass is 10.0. The van der Waals surface area contributed by atoms with Crippen LogP contribution in [-0.4, -0.2) is 44.1 Å². The van der Waals surface area contributed by atoms with E-state index in [1.165, 1.54) is 18.5 Å². The maximum atomic E-state index is 4.41. The third kappa shape index (κ3) is 6.42. The average Bonchev–Trinajstić information content (AvgIpc) is 2.52. The number of likely N-dealkylation sites (tertiary alicyclic amines) is 1. The van der Waals surface area contributed by atoms with Crippen LogP contribution in [0.1, 0.15) is 26.2 Å². The Labute approximate surface area is 151 Å². The molecule has 1 aliphatic heterocycles. The fraction of sp³-hybridized carbons (Fsp3) is 0.588. The molecule has 22 heavy (non-hydrogen) atoms. The Bertz CT molecular complexity index is 436. The van der Waals surface area contributed by atoms with Crippen LogP contribution in [0.5, 0.6) is 0 Å². The maximum Gasteiger partial charge on any atom is 0.193 e. The van der Waals surface area contributed by atoms with Gasteiger partial charge in [0.05, 0.1) is 0 Å². The van der Waals surface area contributed by atoms with Crippen LogP contribution >= 0.6 is 24.0 Å². The molecule has 1 fully saturated rings. The zero-order valence-corrected chi connectivity index (χ0v) is 16.0. The summed E-state index contributed by atoms with van der Waals surface area (Å²) in [7, 11) is 1.88. The molecule has 0 saturated carbocycles. The van der Waals surface area contributed by atoms with Gasteiger partial charge in [-0.1, -0.05) is 25.1 Å². The Morgan fingerprint density at radius 3 is 2.73 bits per heavy atom. The number of anilines is 1. The fourth-order valence-corrected chi connectivity index (χ4v) is 2.79. The molecule has 1 aromatic rings. The molecule has 0 aliphatic carbocycles. The van der Waals surface area contributed by atoms with Crippen molar-refractivity contribution in [1.29, 1.82) is 0 Å². The summed E-state index contributed by atoms with van der Waals surface area (Å²) in [5, 5.41) is 6.91. The molecule has 124 valence electrons. The van der Waals surface area contributed by atoms with Gasteiger partial charge in [0.15, 0.2) is 5.96 Å². The van der Waals surface area contributed by atoms with Crippen LogP contribution in [0.25, 0.3) is 0 Å². The molecule has 0 amide bonds. The lowest BCUT2D eigenvalue weighted by molar-refractivity contribution is 0.266. The normalized spacial score (nSPS) is 18.5. The van der Waals surface area contributed by atoms with Crippen LogP contribution in [0.15, 0.2) is 35.3 Å². The van der Waals surface area contributed by atoms with Gasteiger partial charge < -0.3 is 15.5 Å². The summed E-state index contributed by atoms with van der Waals surface area (Å²) >= 11 is 0. The fourth-order valence-electron chi connectivity index (χ4n) is 2.79. The van der Waals surface area contributed by atoms with E-state index < -0.39 is 0 Å². The van der Waals surface area contributed by atoms with E-state index in [1.54, 1.807) is 0 Å². The summed E-state index contributed by atoms with van der Waals surface area (Å²) < 4.78 is 0. The molecule has 1 heterocycles. The zero-order valence-electron chi connectivity index (χ0n) is 13.7. The number of aliphatic imine (C=N–C) groups is 1. The van der Waals surface area contributed by atoms with Crippen LogP contribution in [-0.2, 0) is 0 Å². The first-order valence-corrected chi connectivity index (χ1v) is 8.04.